The molecule has 0 saturated heterocycles. The van der Waals surface area contributed by atoms with E-state index in [1.165, 1.54) is 17.2 Å². The van der Waals surface area contributed by atoms with Gasteiger partial charge in [0, 0.05) is 17.2 Å². The van der Waals surface area contributed by atoms with Crippen LogP contribution in [0.25, 0.3) is 0 Å². The molecule has 0 aromatic heterocycles. The highest BCUT2D eigenvalue weighted by Gasteiger charge is 2.01. The van der Waals surface area contributed by atoms with E-state index in [4.69, 9.17) is 5.73 Å². The first-order valence-corrected chi connectivity index (χ1v) is 6.84. The third-order valence-electron chi connectivity index (χ3n) is 2.65. The predicted octanol–water partition coefficient (Wildman–Crippen LogP) is 3.89. The molecule has 3 heteroatoms. The Hall–Kier alpha value is -1.32. The first kappa shape index (κ1) is 13.1. The number of aryl methyl sites for hydroxylation is 1. The van der Waals surface area contributed by atoms with E-state index in [9.17, 15) is 4.39 Å². The van der Waals surface area contributed by atoms with Gasteiger partial charge in [0.1, 0.15) is 5.82 Å². The van der Waals surface area contributed by atoms with Crippen LogP contribution in [0.15, 0.2) is 47.4 Å². The lowest BCUT2D eigenvalue weighted by Gasteiger charge is -2.05. The van der Waals surface area contributed by atoms with Crippen LogP contribution in [0.1, 0.15) is 16.7 Å². The number of benzene rings is 2. The third-order valence-corrected chi connectivity index (χ3v) is 3.70. The Morgan fingerprint density at radius 3 is 2.67 bits per heavy atom. The molecule has 0 unspecified atom stereocenters. The average molecular weight is 261 g/mol. The smallest absolute Gasteiger partial charge is 0.124 e. The Morgan fingerprint density at radius 2 is 1.94 bits per heavy atom. The van der Waals surface area contributed by atoms with Crippen LogP contribution in [0.5, 0.6) is 0 Å². The molecule has 0 aliphatic carbocycles. The summed E-state index contributed by atoms with van der Waals surface area (Å²) in [5.41, 5.74) is 8.87. The van der Waals surface area contributed by atoms with Gasteiger partial charge < -0.3 is 5.73 Å². The molecule has 2 aromatic carbocycles. The largest absolute Gasteiger partial charge is 0.326 e. The fraction of sp³-hybridized carbons (Fsp3) is 0.200. The van der Waals surface area contributed by atoms with E-state index in [0.717, 1.165) is 16.2 Å². The highest BCUT2D eigenvalue weighted by Crippen LogP contribution is 2.25. The van der Waals surface area contributed by atoms with Gasteiger partial charge in [-0.2, -0.15) is 0 Å². The quantitative estimate of drug-likeness (QED) is 0.845. The molecule has 18 heavy (non-hydrogen) atoms. The summed E-state index contributed by atoms with van der Waals surface area (Å²) in [6.07, 6.45) is 0. The van der Waals surface area contributed by atoms with Crippen molar-refractivity contribution in [1.82, 2.24) is 0 Å². The second-order valence-corrected chi connectivity index (χ2v) is 5.33. The summed E-state index contributed by atoms with van der Waals surface area (Å²) < 4.78 is 13.3. The summed E-state index contributed by atoms with van der Waals surface area (Å²) in [5.74, 6) is 0.625. The molecule has 0 spiro atoms. The number of hydrogen-bond donors (Lipinski definition) is 1. The Morgan fingerprint density at radius 1 is 1.11 bits per heavy atom. The average Bonchev–Trinajstić information content (AvgIpc) is 2.36. The molecule has 0 bridgehead atoms. The van der Waals surface area contributed by atoms with Crippen LogP contribution in [0.3, 0.4) is 0 Å². The highest BCUT2D eigenvalue weighted by molar-refractivity contribution is 7.98. The fourth-order valence-electron chi connectivity index (χ4n) is 1.79. The molecule has 0 heterocycles. The molecular formula is C15H16FNS. The van der Waals surface area contributed by atoms with Gasteiger partial charge in [-0.15, -0.1) is 11.8 Å². The van der Waals surface area contributed by atoms with E-state index >= 15 is 0 Å². The second-order valence-electron chi connectivity index (χ2n) is 4.28. The Bertz CT molecular complexity index is 540. The molecule has 0 saturated carbocycles. The molecule has 0 fully saturated rings. The van der Waals surface area contributed by atoms with E-state index in [1.807, 2.05) is 12.1 Å². The van der Waals surface area contributed by atoms with Crippen molar-refractivity contribution in [2.75, 3.05) is 0 Å². The molecule has 0 radical (unpaired) electrons. The van der Waals surface area contributed by atoms with Gasteiger partial charge in [0.15, 0.2) is 0 Å². The Kier molecular flexibility index (Phi) is 4.39. The minimum atomic E-state index is -0.218. The van der Waals surface area contributed by atoms with E-state index in [2.05, 4.69) is 25.1 Å². The molecule has 2 N–H and O–H groups in total. The monoisotopic (exact) mass is 261 g/mol. The molecule has 0 aliphatic heterocycles. The van der Waals surface area contributed by atoms with Gasteiger partial charge in [-0.05, 0) is 36.2 Å². The van der Waals surface area contributed by atoms with Crippen molar-refractivity contribution in [1.29, 1.82) is 0 Å². The van der Waals surface area contributed by atoms with Gasteiger partial charge in [-0.25, -0.2) is 4.39 Å². The van der Waals surface area contributed by atoms with Crippen molar-refractivity contribution in [3.63, 3.8) is 0 Å². The van der Waals surface area contributed by atoms with Gasteiger partial charge in [0.2, 0.25) is 0 Å². The fourth-order valence-corrected chi connectivity index (χ4v) is 2.73. The number of halogens is 1. The van der Waals surface area contributed by atoms with Crippen molar-refractivity contribution in [3.8, 4) is 0 Å². The lowest BCUT2D eigenvalue weighted by Crippen LogP contribution is -1.97. The van der Waals surface area contributed by atoms with Gasteiger partial charge in [0.25, 0.3) is 0 Å². The molecular weight excluding hydrogens is 245 g/mol. The number of thioether (sulfide) groups is 1. The van der Waals surface area contributed by atoms with Crippen molar-refractivity contribution in [2.45, 2.75) is 24.1 Å². The van der Waals surface area contributed by atoms with Gasteiger partial charge in [-0.1, -0.05) is 29.8 Å². The SMILES string of the molecule is Cc1cccc(CSc2cc(F)cc(CN)c2)c1. The van der Waals surface area contributed by atoms with E-state index < -0.39 is 0 Å². The number of nitrogens with two attached hydrogens (primary N) is 1. The van der Waals surface area contributed by atoms with Crippen LogP contribution in [-0.2, 0) is 12.3 Å². The van der Waals surface area contributed by atoms with Crippen molar-refractivity contribution in [3.05, 3.63) is 65.0 Å². The van der Waals surface area contributed by atoms with Crippen LogP contribution in [-0.4, -0.2) is 0 Å². The molecule has 0 aliphatic rings. The lowest BCUT2D eigenvalue weighted by molar-refractivity contribution is 0.621. The van der Waals surface area contributed by atoms with Gasteiger partial charge in [-0.3, -0.25) is 0 Å². The summed E-state index contributed by atoms with van der Waals surface area (Å²) >= 11 is 1.63. The summed E-state index contributed by atoms with van der Waals surface area (Å²) in [6.45, 7) is 2.44. The zero-order valence-electron chi connectivity index (χ0n) is 10.3. The third kappa shape index (κ3) is 3.59. The maximum Gasteiger partial charge on any atom is 0.124 e. The van der Waals surface area contributed by atoms with E-state index in [0.29, 0.717) is 6.54 Å². The van der Waals surface area contributed by atoms with Crippen LogP contribution >= 0.6 is 11.8 Å². The normalized spacial score (nSPS) is 10.6. The maximum absolute atomic E-state index is 13.3. The first-order valence-electron chi connectivity index (χ1n) is 5.85. The molecule has 0 amide bonds. The minimum Gasteiger partial charge on any atom is -0.326 e. The molecule has 1 nitrogen and oxygen atoms in total. The van der Waals surface area contributed by atoms with E-state index in [1.54, 1.807) is 17.8 Å². The van der Waals surface area contributed by atoms with Crippen LogP contribution in [0, 0.1) is 12.7 Å². The van der Waals surface area contributed by atoms with Crippen molar-refractivity contribution in [2.24, 2.45) is 5.73 Å². The Labute approximate surface area is 111 Å². The number of rotatable bonds is 4. The second kappa shape index (κ2) is 6.03. The number of hydrogen-bond acceptors (Lipinski definition) is 2. The van der Waals surface area contributed by atoms with Crippen LogP contribution in [0.2, 0.25) is 0 Å². The minimum absolute atomic E-state index is 0.218. The highest BCUT2D eigenvalue weighted by atomic mass is 32.2. The van der Waals surface area contributed by atoms with Crippen LogP contribution in [0.4, 0.5) is 4.39 Å². The zero-order valence-corrected chi connectivity index (χ0v) is 11.1. The standard InChI is InChI=1S/C15H16FNS/c1-11-3-2-4-12(5-11)10-18-15-7-13(9-17)6-14(16)8-15/h2-8H,9-10,17H2,1H3. The predicted molar refractivity (Wildman–Crippen MR) is 75.0 cm³/mol. The summed E-state index contributed by atoms with van der Waals surface area (Å²) in [7, 11) is 0. The van der Waals surface area contributed by atoms with E-state index in [-0.39, 0.29) is 5.82 Å². The summed E-state index contributed by atoms with van der Waals surface area (Å²) in [4.78, 5) is 0.928. The summed E-state index contributed by atoms with van der Waals surface area (Å²) in [6, 6.07) is 13.3. The maximum atomic E-state index is 13.3. The van der Waals surface area contributed by atoms with Crippen LogP contribution < -0.4 is 5.73 Å². The molecule has 94 valence electrons. The zero-order chi connectivity index (χ0) is 13.0. The molecule has 0 atom stereocenters. The molecule has 2 aromatic rings. The van der Waals surface area contributed by atoms with Crippen molar-refractivity contribution < 1.29 is 4.39 Å². The lowest BCUT2D eigenvalue weighted by atomic mass is 10.2. The van der Waals surface area contributed by atoms with Gasteiger partial charge >= 0.3 is 0 Å². The Balaban J connectivity index is 2.08. The van der Waals surface area contributed by atoms with Crippen molar-refractivity contribution >= 4 is 11.8 Å². The van der Waals surface area contributed by atoms with Gasteiger partial charge in [0.05, 0.1) is 0 Å². The summed E-state index contributed by atoms with van der Waals surface area (Å²) in [5, 5.41) is 0. The topological polar surface area (TPSA) is 26.0 Å². The molecule has 2 rings (SSSR count). The first-order chi connectivity index (χ1) is 8.67.